The summed E-state index contributed by atoms with van der Waals surface area (Å²) in [6, 6.07) is 0. The van der Waals surface area contributed by atoms with Gasteiger partial charge in [-0.3, -0.25) is 4.79 Å². The predicted octanol–water partition coefficient (Wildman–Crippen LogP) is 0.898. The van der Waals surface area contributed by atoms with E-state index in [2.05, 4.69) is 5.32 Å². The van der Waals surface area contributed by atoms with Crippen molar-refractivity contribution in [2.45, 2.75) is 37.9 Å². The maximum absolute atomic E-state index is 12.8. The van der Waals surface area contributed by atoms with Gasteiger partial charge in [-0.15, -0.1) is 0 Å². The highest BCUT2D eigenvalue weighted by atomic mass is 19.4. The number of alkyl halides is 3. The van der Waals surface area contributed by atoms with Crippen LogP contribution in [0, 0.1) is 11.3 Å². The standard InChI is InChI=1S/C12H17F3N2O3/c1-10(9(19)20,12(13,14)15)17-8(18)7-6-11(7)2-4-16-5-3-11/h7,16H,2-6H2,1H3,(H,17,18)(H,19,20). The van der Waals surface area contributed by atoms with Gasteiger partial charge in [0.1, 0.15) is 0 Å². The molecule has 0 aromatic carbocycles. The topological polar surface area (TPSA) is 78.4 Å². The van der Waals surface area contributed by atoms with Gasteiger partial charge >= 0.3 is 12.1 Å². The highest BCUT2D eigenvalue weighted by Crippen LogP contribution is 2.58. The lowest BCUT2D eigenvalue weighted by Gasteiger charge is -2.29. The Bertz CT molecular complexity index is 432. The normalized spacial score (nSPS) is 27.7. The molecular weight excluding hydrogens is 277 g/mol. The van der Waals surface area contributed by atoms with E-state index in [1.54, 1.807) is 5.32 Å². The quantitative estimate of drug-likeness (QED) is 0.722. The third-order valence-electron chi connectivity index (χ3n) is 4.47. The number of carboxylic acids is 1. The van der Waals surface area contributed by atoms with E-state index < -0.39 is 29.5 Å². The molecule has 0 aromatic rings. The van der Waals surface area contributed by atoms with Gasteiger partial charge in [-0.1, -0.05) is 0 Å². The number of nitrogens with one attached hydrogen (secondary N) is 2. The molecule has 1 saturated carbocycles. The molecule has 0 bridgehead atoms. The Hall–Kier alpha value is -1.31. The number of halogens is 3. The van der Waals surface area contributed by atoms with Crippen molar-refractivity contribution in [1.29, 1.82) is 0 Å². The van der Waals surface area contributed by atoms with Crippen LogP contribution in [0.1, 0.15) is 26.2 Å². The van der Waals surface area contributed by atoms with Crippen LogP contribution in [0.3, 0.4) is 0 Å². The fourth-order valence-electron chi connectivity index (χ4n) is 2.77. The number of carbonyl (C=O) groups is 2. The zero-order valence-corrected chi connectivity index (χ0v) is 11.0. The van der Waals surface area contributed by atoms with Crippen LogP contribution in [0.4, 0.5) is 13.2 Å². The second-order valence-electron chi connectivity index (χ2n) is 5.79. The SMILES string of the molecule is CC(NC(=O)C1CC12CCNCC2)(C(=O)O)C(F)(F)F. The van der Waals surface area contributed by atoms with E-state index >= 15 is 0 Å². The fraction of sp³-hybridized carbons (Fsp3) is 0.833. The summed E-state index contributed by atoms with van der Waals surface area (Å²) >= 11 is 0. The first-order valence-electron chi connectivity index (χ1n) is 6.45. The summed E-state index contributed by atoms with van der Waals surface area (Å²) < 4.78 is 38.5. The van der Waals surface area contributed by atoms with Crippen molar-refractivity contribution in [3.8, 4) is 0 Å². The zero-order valence-electron chi connectivity index (χ0n) is 11.0. The summed E-state index contributed by atoms with van der Waals surface area (Å²) in [4.78, 5) is 22.8. The van der Waals surface area contributed by atoms with Gasteiger partial charge < -0.3 is 15.7 Å². The molecule has 0 aromatic heterocycles. The molecule has 1 aliphatic carbocycles. The summed E-state index contributed by atoms with van der Waals surface area (Å²) in [5, 5.41) is 13.6. The van der Waals surface area contributed by atoms with Crippen LogP contribution in [0.2, 0.25) is 0 Å². The molecule has 1 spiro atoms. The van der Waals surface area contributed by atoms with Crippen molar-refractivity contribution < 1.29 is 27.9 Å². The summed E-state index contributed by atoms with van der Waals surface area (Å²) in [6.07, 6.45) is -3.03. The predicted molar refractivity (Wildman–Crippen MR) is 62.9 cm³/mol. The van der Waals surface area contributed by atoms with Gasteiger partial charge in [-0.2, -0.15) is 13.2 Å². The fourth-order valence-corrected chi connectivity index (χ4v) is 2.77. The molecule has 2 fully saturated rings. The van der Waals surface area contributed by atoms with Crippen molar-refractivity contribution in [3.63, 3.8) is 0 Å². The maximum Gasteiger partial charge on any atom is 0.422 e. The monoisotopic (exact) mass is 294 g/mol. The van der Waals surface area contributed by atoms with Crippen molar-refractivity contribution in [2.75, 3.05) is 13.1 Å². The van der Waals surface area contributed by atoms with Crippen LogP contribution in [-0.4, -0.2) is 41.8 Å². The molecule has 2 atom stereocenters. The lowest BCUT2D eigenvalue weighted by atomic mass is 9.91. The molecular formula is C12H17F3N2O3. The van der Waals surface area contributed by atoms with Crippen LogP contribution >= 0.6 is 0 Å². The second-order valence-corrected chi connectivity index (χ2v) is 5.79. The van der Waals surface area contributed by atoms with Gasteiger partial charge in [-0.05, 0) is 44.7 Å². The van der Waals surface area contributed by atoms with Gasteiger partial charge in [0.05, 0.1) is 0 Å². The third kappa shape index (κ3) is 2.36. The van der Waals surface area contributed by atoms with Gasteiger partial charge in [0, 0.05) is 5.92 Å². The highest BCUT2D eigenvalue weighted by molar-refractivity contribution is 5.90. The number of carbonyl (C=O) groups excluding carboxylic acids is 1. The molecule has 5 nitrogen and oxygen atoms in total. The largest absolute Gasteiger partial charge is 0.479 e. The molecule has 1 aliphatic heterocycles. The molecule has 1 amide bonds. The minimum absolute atomic E-state index is 0.236. The Morgan fingerprint density at radius 2 is 1.85 bits per heavy atom. The van der Waals surface area contributed by atoms with Crippen molar-refractivity contribution in [3.05, 3.63) is 0 Å². The first kappa shape index (κ1) is 15.1. The number of amides is 1. The molecule has 1 saturated heterocycles. The Kier molecular flexibility index (Phi) is 3.48. The Labute approximate surface area is 113 Å². The minimum atomic E-state index is -5.04. The van der Waals surface area contributed by atoms with E-state index in [-0.39, 0.29) is 5.41 Å². The Balaban J connectivity index is 2.06. The molecule has 8 heteroatoms. The van der Waals surface area contributed by atoms with Gasteiger partial charge in [-0.25, -0.2) is 4.79 Å². The molecule has 1 heterocycles. The third-order valence-corrected chi connectivity index (χ3v) is 4.47. The second kappa shape index (κ2) is 4.61. The molecule has 3 N–H and O–H groups in total. The van der Waals surface area contributed by atoms with Crippen LogP contribution < -0.4 is 10.6 Å². The van der Waals surface area contributed by atoms with E-state index in [1.807, 2.05) is 0 Å². The van der Waals surface area contributed by atoms with E-state index in [9.17, 15) is 22.8 Å². The molecule has 114 valence electrons. The van der Waals surface area contributed by atoms with Gasteiger partial charge in [0.15, 0.2) is 0 Å². The number of piperidine rings is 1. The highest BCUT2D eigenvalue weighted by Gasteiger charge is 2.63. The van der Waals surface area contributed by atoms with Crippen LogP contribution in [0.25, 0.3) is 0 Å². The van der Waals surface area contributed by atoms with Crippen molar-refractivity contribution in [2.24, 2.45) is 11.3 Å². The number of hydrogen-bond acceptors (Lipinski definition) is 3. The zero-order chi connectivity index (χ0) is 15.2. The lowest BCUT2D eigenvalue weighted by Crippen LogP contribution is -2.62. The maximum atomic E-state index is 12.8. The summed E-state index contributed by atoms with van der Waals surface area (Å²) in [5.41, 5.74) is -3.47. The smallest absolute Gasteiger partial charge is 0.422 e. The number of hydrogen-bond donors (Lipinski definition) is 3. The van der Waals surface area contributed by atoms with E-state index in [4.69, 9.17) is 5.11 Å². The van der Waals surface area contributed by atoms with E-state index in [0.717, 1.165) is 25.9 Å². The number of carboxylic acid groups (broad SMARTS) is 1. The average molecular weight is 294 g/mol. The first-order valence-corrected chi connectivity index (χ1v) is 6.45. The molecule has 0 radical (unpaired) electrons. The number of rotatable bonds is 3. The molecule has 2 aliphatic rings. The number of aliphatic carboxylic acids is 1. The van der Waals surface area contributed by atoms with E-state index in [1.165, 1.54) is 0 Å². The van der Waals surface area contributed by atoms with E-state index in [0.29, 0.717) is 13.3 Å². The van der Waals surface area contributed by atoms with Crippen LogP contribution in [0.5, 0.6) is 0 Å². The van der Waals surface area contributed by atoms with Crippen LogP contribution in [-0.2, 0) is 9.59 Å². The van der Waals surface area contributed by atoms with Crippen molar-refractivity contribution >= 4 is 11.9 Å². The Morgan fingerprint density at radius 1 is 1.30 bits per heavy atom. The Morgan fingerprint density at radius 3 is 2.30 bits per heavy atom. The average Bonchev–Trinajstić information content (AvgIpc) is 3.02. The summed E-state index contributed by atoms with van der Waals surface area (Å²) in [6.45, 7) is 1.95. The lowest BCUT2D eigenvalue weighted by molar-refractivity contribution is -0.207. The molecule has 2 unspecified atom stereocenters. The molecule has 20 heavy (non-hydrogen) atoms. The van der Waals surface area contributed by atoms with Gasteiger partial charge in [0.2, 0.25) is 11.4 Å². The first-order chi connectivity index (χ1) is 9.12. The summed E-state index contributed by atoms with van der Waals surface area (Å²) in [7, 11) is 0. The van der Waals surface area contributed by atoms with Crippen molar-refractivity contribution in [1.82, 2.24) is 10.6 Å². The van der Waals surface area contributed by atoms with Gasteiger partial charge in [0.25, 0.3) is 0 Å². The minimum Gasteiger partial charge on any atom is -0.479 e. The summed E-state index contributed by atoms with van der Waals surface area (Å²) in [5.74, 6) is -3.42. The molecule has 2 rings (SSSR count). The van der Waals surface area contributed by atoms with Crippen LogP contribution in [0.15, 0.2) is 0 Å².